The van der Waals surface area contributed by atoms with Crippen LogP contribution in [-0.4, -0.2) is 19.5 Å². The number of aromatic nitrogens is 4. The molecule has 3 aromatic heterocycles. The first kappa shape index (κ1) is 18.4. The number of nitrogens with one attached hydrogen (secondary N) is 1. The molecular weight excluding hydrogens is 370 g/mol. The van der Waals surface area contributed by atoms with E-state index in [0.717, 1.165) is 51.2 Å². The van der Waals surface area contributed by atoms with E-state index >= 15 is 0 Å². The molecule has 0 saturated carbocycles. The lowest BCUT2D eigenvalue weighted by Gasteiger charge is -2.13. The van der Waals surface area contributed by atoms with Gasteiger partial charge in [-0.05, 0) is 49.2 Å². The Bertz CT molecular complexity index is 1100. The molecule has 0 unspecified atom stereocenters. The van der Waals surface area contributed by atoms with Crippen molar-refractivity contribution in [1.82, 2.24) is 19.5 Å². The highest BCUT2D eigenvalue weighted by Gasteiger charge is 2.16. The minimum atomic E-state index is 0.468. The van der Waals surface area contributed by atoms with Crippen molar-refractivity contribution in [3.05, 3.63) is 65.6 Å². The summed E-state index contributed by atoms with van der Waals surface area (Å²) in [6.45, 7) is 7.18. The maximum Gasteiger partial charge on any atom is 0.142 e. The van der Waals surface area contributed by atoms with Crippen LogP contribution in [-0.2, 0) is 6.54 Å². The molecule has 3 heterocycles. The van der Waals surface area contributed by atoms with Crippen LogP contribution in [0.5, 0.6) is 0 Å². The number of imidazole rings is 1. The predicted molar refractivity (Wildman–Crippen MR) is 115 cm³/mol. The molecule has 0 amide bonds. The summed E-state index contributed by atoms with van der Waals surface area (Å²) in [6.07, 6.45) is 3.64. The van der Waals surface area contributed by atoms with Crippen molar-refractivity contribution in [1.29, 1.82) is 0 Å². The van der Waals surface area contributed by atoms with Gasteiger partial charge in [0.05, 0.1) is 27.9 Å². The average molecular weight is 392 g/mol. The molecule has 4 aromatic rings. The zero-order valence-corrected chi connectivity index (χ0v) is 16.9. The second kappa shape index (κ2) is 7.60. The van der Waals surface area contributed by atoms with Gasteiger partial charge < -0.3 is 9.88 Å². The van der Waals surface area contributed by atoms with Gasteiger partial charge in [-0.25, -0.2) is 9.97 Å². The van der Waals surface area contributed by atoms with E-state index in [9.17, 15) is 0 Å². The lowest BCUT2D eigenvalue weighted by atomic mass is 10.2. The van der Waals surface area contributed by atoms with E-state index in [4.69, 9.17) is 16.6 Å². The first-order valence-electron chi connectivity index (χ1n) is 9.32. The number of fused-ring (bicyclic) bond motifs is 1. The molecule has 142 valence electrons. The largest absolute Gasteiger partial charge is 0.339 e. The number of benzene rings is 1. The van der Waals surface area contributed by atoms with E-state index in [1.165, 1.54) is 0 Å². The number of halogens is 1. The van der Waals surface area contributed by atoms with Crippen molar-refractivity contribution in [3.8, 4) is 11.4 Å². The van der Waals surface area contributed by atoms with E-state index in [1.807, 2.05) is 55.6 Å². The van der Waals surface area contributed by atoms with E-state index in [0.29, 0.717) is 5.92 Å². The second-order valence-electron chi connectivity index (χ2n) is 7.29. The molecular formula is C22H22ClN5. The Morgan fingerprint density at radius 1 is 1.04 bits per heavy atom. The SMILES string of the molecule is Cc1ccc(Nc2ccc(-c3nc4cccc(Cl)c4n3CC(C)C)cn2)cn1. The van der Waals surface area contributed by atoms with Gasteiger partial charge in [0.15, 0.2) is 0 Å². The number of nitrogens with zero attached hydrogens (tertiary/aromatic N) is 4. The van der Waals surface area contributed by atoms with Crippen LogP contribution in [0, 0.1) is 12.8 Å². The van der Waals surface area contributed by atoms with Gasteiger partial charge in [0.2, 0.25) is 0 Å². The zero-order chi connectivity index (χ0) is 19.7. The fourth-order valence-electron chi connectivity index (χ4n) is 3.19. The summed E-state index contributed by atoms with van der Waals surface area (Å²) in [5.41, 5.74) is 4.72. The number of aryl methyl sites for hydroxylation is 1. The van der Waals surface area contributed by atoms with Gasteiger partial charge in [-0.1, -0.05) is 31.5 Å². The fourth-order valence-corrected chi connectivity index (χ4v) is 3.47. The maximum atomic E-state index is 6.48. The van der Waals surface area contributed by atoms with Gasteiger partial charge >= 0.3 is 0 Å². The van der Waals surface area contributed by atoms with E-state index in [1.54, 1.807) is 6.20 Å². The average Bonchev–Trinajstić information content (AvgIpc) is 3.03. The monoisotopic (exact) mass is 391 g/mol. The smallest absolute Gasteiger partial charge is 0.142 e. The van der Waals surface area contributed by atoms with Gasteiger partial charge in [-0.15, -0.1) is 0 Å². The number of hydrogen-bond donors (Lipinski definition) is 1. The van der Waals surface area contributed by atoms with Crippen molar-refractivity contribution >= 4 is 34.1 Å². The third kappa shape index (κ3) is 3.71. The first-order chi connectivity index (χ1) is 13.5. The quantitative estimate of drug-likeness (QED) is 0.463. The van der Waals surface area contributed by atoms with Crippen LogP contribution in [0.15, 0.2) is 54.9 Å². The lowest BCUT2D eigenvalue weighted by Crippen LogP contribution is -2.06. The molecule has 0 aliphatic carbocycles. The van der Waals surface area contributed by atoms with Crippen LogP contribution >= 0.6 is 11.6 Å². The van der Waals surface area contributed by atoms with Gasteiger partial charge in [0.25, 0.3) is 0 Å². The number of pyridine rings is 2. The molecule has 0 fully saturated rings. The number of para-hydroxylation sites is 1. The minimum Gasteiger partial charge on any atom is -0.339 e. The molecule has 0 aliphatic heterocycles. The van der Waals surface area contributed by atoms with E-state index in [2.05, 4.69) is 33.7 Å². The molecule has 0 aliphatic rings. The fraction of sp³-hybridized carbons (Fsp3) is 0.227. The topological polar surface area (TPSA) is 55.6 Å². The summed E-state index contributed by atoms with van der Waals surface area (Å²) in [7, 11) is 0. The van der Waals surface area contributed by atoms with Crippen molar-refractivity contribution in [2.24, 2.45) is 5.92 Å². The molecule has 0 bridgehead atoms. The zero-order valence-electron chi connectivity index (χ0n) is 16.1. The summed E-state index contributed by atoms with van der Waals surface area (Å²) in [6, 6.07) is 13.8. The Morgan fingerprint density at radius 2 is 1.89 bits per heavy atom. The predicted octanol–water partition coefficient (Wildman–Crippen LogP) is 5.85. The van der Waals surface area contributed by atoms with Crippen molar-refractivity contribution in [2.45, 2.75) is 27.3 Å². The van der Waals surface area contributed by atoms with Crippen LogP contribution in [0.25, 0.3) is 22.4 Å². The molecule has 0 radical (unpaired) electrons. The van der Waals surface area contributed by atoms with Crippen LogP contribution in [0.4, 0.5) is 11.5 Å². The molecule has 4 rings (SSSR count). The molecule has 5 nitrogen and oxygen atoms in total. The number of hydrogen-bond acceptors (Lipinski definition) is 4. The molecule has 1 N–H and O–H groups in total. The summed E-state index contributed by atoms with van der Waals surface area (Å²) < 4.78 is 2.19. The van der Waals surface area contributed by atoms with Crippen molar-refractivity contribution in [2.75, 3.05) is 5.32 Å². The minimum absolute atomic E-state index is 0.468. The number of rotatable bonds is 5. The van der Waals surface area contributed by atoms with Gasteiger partial charge in [-0.3, -0.25) is 4.98 Å². The standard InChI is InChI=1S/C22H22ClN5/c1-14(2)13-28-21-18(23)5-4-6-19(21)27-22(28)16-8-10-20(25-11-16)26-17-9-7-15(3)24-12-17/h4-12,14H,13H2,1-3H3,(H,25,26). The summed E-state index contributed by atoms with van der Waals surface area (Å²) in [5.74, 6) is 2.11. The molecule has 0 spiro atoms. The molecule has 28 heavy (non-hydrogen) atoms. The van der Waals surface area contributed by atoms with Gasteiger partial charge in [-0.2, -0.15) is 0 Å². The van der Waals surface area contributed by atoms with Crippen molar-refractivity contribution in [3.63, 3.8) is 0 Å². The lowest BCUT2D eigenvalue weighted by molar-refractivity contribution is 0.536. The molecule has 6 heteroatoms. The Kier molecular flexibility index (Phi) is 5.01. The maximum absolute atomic E-state index is 6.48. The molecule has 1 aromatic carbocycles. The van der Waals surface area contributed by atoms with Gasteiger partial charge in [0, 0.05) is 24.0 Å². The van der Waals surface area contributed by atoms with Crippen molar-refractivity contribution < 1.29 is 0 Å². The first-order valence-corrected chi connectivity index (χ1v) is 9.70. The Hall–Kier alpha value is -2.92. The highest BCUT2D eigenvalue weighted by molar-refractivity contribution is 6.35. The van der Waals surface area contributed by atoms with Crippen LogP contribution in [0.3, 0.4) is 0 Å². The normalized spacial score (nSPS) is 11.3. The van der Waals surface area contributed by atoms with Gasteiger partial charge in [0.1, 0.15) is 11.6 Å². The van der Waals surface area contributed by atoms with Crippen LogP contribution < -0.4 is 5.32 Å². The molecule has 0 saturated heterocycles. The molecule has 0 atom stereocenters. The highest BCUT2D eigenvalue weighted by Crippen LogP contribution is 2.30. The number of anilines is 2. The third-order valence-electron chi connectivity index (χ3n) is 4.47. The van der Waals surface area contributed by atoms with E-state index < -0.39 is 0 Å². The Morgan fingerprint density at radius 3 is 2.57 bits per heavy atom. The summed E-state index contributed by atoms with van der Waals surface area (Å²) >= 11 is 6.48. The third-order valence-corrected chi connectivity index (χ3v) is 4.78. The highest BCUT2D eigenvalue weighted by atomic mass is 35.5. The Labute approximate surface area is 169 Å². The summed E-state index contributed by atoms with van der Waals surface area (Å²) in [4.78, 5) is 13.7. The summed E-state index contributed by atoms with van der Waals surface area (Å²) in [5, 5.41) is 3.99. The van der Waals surface area contributed by atoms with Crippen LogP contribution in [0.1, 0.15) is 19.5 Å². The Balaban J connectivity index is 1.69. The van der Waals surface area contributed by atoms with E-state index in [-0.39, 0.29) is 0 Å². The van der Waals surface area contributed by atoms with Crippen LogP contribution in [0.2, 0.25) is 5.02 Å². The second-order valence-corrected chi connectivity index (χ2v) is 7.70.